The van der Waals surface area contributed by atoms with Crippen LogP contribution in [0.15, 0.2) is 21.1 Å². The van der Waals surface area contributed by atoms with Gasteiger partial charge in [-0.2, -0.15) is 0 Å². The Kier molecular flexibility index (Phi) is 3.50. The van der Waals surface area contributed by atoms with Crippen molar-refractivity contribution in [3.8, 4) is 0 Å². The van der Waals surface area contributed by atoms with Crippen LogP contribution in [-0.4, -0.2) is 5.91 Å². The van der Waals surface area contributed by atoms with Crippen LogP contribution in [0.4, 0.5) is 5.69 Å². The maximum Gasteiger partial charge on any atom is 0.221 e. The molecule has 0 aromatic heterocycles. The van der Waals surface area contributed by atoms with E-state index in [-0.39, 0.29) is 5.91 Å². The molecule has 1 N–H and O–H groups in total. The van der Waals surface area contributed by atoms with Crippen LogP contribution in [0.25, 0.3) is 0 Å². The van der Waals surface area contributed by atoms with Gasteiger partial charge in [-0.05, 0) is 40.5 Å². The molecule has 0 radical (unpaired) electrons. The van der Waals surface area contributed by atoms with E-state index >= 15 is 0 Å². The molecule has 1 aromatic rings. The van der Waals surface area contributed by atoms with Gasteiger partial charge in [0, 0.05) is 15.9 Å². The van der Waals surface area contributed by atoms with Crippen molar-refractivity contribution in [3.05, 3.63) is 26.6 Å². The molecule has 0 fully saturated rings. The number of carbonyl (C=O) groups is 1. The fourth-order valence-corrected chi connectivity index (χ4v) is 1.83. The van der Waals surface area contributed by atoms with E-state index in [1.165, 1.54) is 6.92 Å². The number of amides is 1. The number of nitrogens with one attached hydrogen (secondary N) is 1. The predicted molar refractivity (Wildman–Crippen MR) is 60.9 cm³/mol. The average Bonchev–Trinajstić information content (AvgIpc) is 1.99. The SMILES string of the molecule is CC(=O)Nc1cc(Br)c(C)cc1Br. The van der Waals surface area contributed by atoms with Gasteiger partial charge in [0.05, 0.1) is 5.69 Å². The number of halogens is 2. The number of carbonyl (C=O) groups excluding carboxylic acids is 1. The van der Waals surface area contributed by atoms with Crippen molar-refractivity contribution in [1.29, 1.82) is 0 Å². The maximum atomic E-state index is 10.8. The number of hydrogen-bond donors (Lipinski definition) is 1. The summed E-state index contributed by atoms with van der Waals surface area (Å²) in [4.78, 5) is 10.8. The zero-order valence-electron chi connectivity index (χ0n) is 7.32. The van der Waals surface area contributed by atoms with E-state index in [4.69, 9.17) is 0 Å². The number of rotatable bonds is 1. The summed E-state index contributed by atoms with van der Waals surface area (Å²) in [6.45, 7) is 3.48. The van der Waals surface area contributed by atoms with E-state index in [1.54, 1.807) is 0 Å². The van der Waals surface area contributed by atoms with Crippen LogP contribution in [0.1, 0.15) is 12.5 Å². The van der Waals surface area contributed by atoms with Crippen LogP contribution in [0.3, 0.4) is 0 Å². The molecule has 0 aliphatic rings. The minimum Gasteiger partial charge on any atom is -0.325 e. The molecule has 0 bridgehead atoms. The third-order valence-corrected chi connectivity index (χ3v) is 3.07. The van der Waals surface area contributed by atoms with Crippen LogP contribution in [0.5, 0.6) is 0 Å². The van der Waals surface area contributed by atoms with Crippen LogP contribution in [0, 0.1) is 6.92 Å². The molecule has 70 valence electrons. The summed E-state index contributed by atoms with van der Waals surface area (Å²) in [5, 5.41) is 2.73. The average molecular weight is 307 g/mol. The molecule has 1 aromatic carbocycles. The minimum atomic E-state index is -0.0727. The largest absolute Gasteiger partial charge is 0.325 e. The zero-order valence-corrected chi connectivity index (χ0v) is 10.5. The maximum absolute atomic E-state index is 10.8. The Morgan fingerprint density at radius 1 is 1.31 bits per heavy atom. The molecule has 0 saturated carbocycles. The lowest BCUT2D eigenvalue weighted by Gasteiger charge is -2.07. The van der Waals surface area contributed by atoms with Gasteiger partial charge in [0.2, 0.25) is 5.91 Å². The lowest BCUT2D eigenvalue weighted by atomic mass is 10.2. The molecule has 13 heavy (non-hydrogen) atoms. The Labute approximate surface area is 94.0 Å². The van der Waals surface area contributed by atoms with Crippen molar-refractivity contribution in [1.82, 2.24) is 0 Å². The standard InChI is InChI=1S/C9H9Br2NO/c1-5-3-8(11)9(4-7(5)10)12-6(2)13/h3-4H,1-2H3,(H,12,13). The van der Waals surface area contributed by atoms with Gasteiger partial charge in [-0.1, -0.05) is 15.9 Å². The van der Waals surface area contributed by atoms with Gasteiger partial charge in [-0.25, -0.2) is 0 Å². The highest BCUT2D eigenvalue weighted by atomic mass is 79.9. The van der Waals surface area contributed by atoms with E-state index in [0.717, 1.165) is 20.2 Å². The molecule has 1 amide bonds. The Bertz CT molecular complexity index is 350. The first-order chi connectivity index (χ1) is 6.00. The summed E-state index contributed by atoms with van der Waals surface area (Å²) >= 11 is 6.77. The number of anilines is 1. The summed E-state index contributed by atoms with van der Waals surface area (Å²) in [5.41, 5.74) is 1.91. The van der Waals surface area contributed by atoms with Gasteiger partial charge in [0.15, 0.2) is 0 Å². The van der Waals surface area contributed by atoms with Crippen molar-refractivity contribution in [3.63, 3.8) is 0 Å². The Balaban J connectivity index is 3.08. The van der Waals surface area contributed by atoms with Crippen LogP contribution in [-0.2, 0) is 4.79 Å². The van der Waals surface area contributed by atoms with Gasteiger partial charge in [0.1, 0.15) is 0 Å². The van der Waals surface area contributed by atoms with Gasteiger partial charge in [-0.15, -0.1) is 0 Å². The van der Waals surface area contributed by atoms with E-state index < -0.39 is 0 Å². The molecule has 1 rings (SSSR count). The molecule has 2 nitrogen and oxygen atoms in total. The number of benzene rings is 1. The highest BCUT2D eigenvalue weighted by molar-refractivity contribution is 9.11. The topological polar surface area (TPSA) is 29.1 Å². The molecular formula is C9H9Br2NO. The van der Waals surface area contributed by atoms with Crippen LogP contribution >= 0.6 is 31.9 Å². The van der Waals surface area contributed by atoms with Crippen molar-refractivity contribution >= 4 is 43.5 Å². The van der Waals surface area contributed by atoms with Crippen molar-refractivity contribution in [2.45, 2.75) is 13.8 Å². The minimum absolute atomic E-state index is 0.0727. The molecule has 0 aliphatic heterocycles. The zero-order chi connectivity index (χ0) is 10.0. The quantitative estimate of drug-likeness (QED) is 0.845. The van der Waals surface area contributed by atoms with Crippen LogP contribution < -0.4 is 5.32 Å². The van der Waals surface area contributed by atoms with Gasteiger partial charge >= 0.3 is 0 Å². The third kappa shape index (κ3) is 2.81. The summed E-state index contributed by atoms with van der Waals surface area (Å²) < 4.78 is 1.88. The normalized spacial score (nSPS) is 9.85. The van der Waals surface area contributed by atoms with Gasteiger partial charge in [-0.3, -0.25) is 4.79 Å². The second-order valence-corrected chi connectivity index (χ2v) is 4.47. The Morgan fingerprint density at radius 2 is 1.92 bits per heavy atom. The Hall–Kier alpha value is -0.350. The third-order valence-electron chi connectivity index (χ3n) is 1.56. The summed E-state index contributed by atoms with van der Waals surface area (Å²) in [5.74, 6) is -0.0727. The molecular weight excluding hydrogens is 298 g/mol. The smallest absolute Gasteiger partial charge is 0.221 e. The van der Waals surface area contributed by atoms with Crippen molar-refractivity contribution in [2.24, 2.45) is 0 Å². The monoisotopic (exact) mass is 305 g/mol. The molecule has 0 aliphatic carbocycles. The first kappa shape index (κ1) is 10.7. The van der Waals surface area contributed by atoms with E-state index in [9.17, 15) is 4.79 Å². The summed E-state index contributed by atoms with van der Waals surface area (Å²) in [7, 11) is 0. The van der Waals surface area contributed by atoms with E-state index in [0.29, 0.717) is 0 Å². The van der Waals surface area contributed by atoms with Gasteiger partial charge in [0.25, 0.3) is 0 Å². The van der Waals surface area contributed by atoms with Crippen LogP contribution in [0.2, 0.25) is 0 Å². The molecule has 0 atom stereocenters. The molecule has 0 spiro atoms. The second-order valence-electron chi connectivity index (χ2n) is 2.76. The number of aryl methyl sites for hydroxylation is 1. The van der Waals surface area contributed by atoms with E-state index in [2.05, 4.69) is 37.2 Å². The first-order valence-corrected chi connectivity index (χ1v) is 5.32. The molecule has 0 unspecified atom stereocenters. The highest BCUT2D eigenvalue weighted by Crippen LogP contribution is 2.29. The molecule has 4 heteroatoms. The summed E-state index contributed by atoms with van der Waals surface area (Å²) in [6.07, 6.45) is 0. The lowest BCUT2D eigenvalue weighted by Crippen LogP contribution is -2.06. The molecule has 0 heterocycles. The van der Waals surface area contributed by atoms with Crippen molar-refractivity contribution < 1.29 is 4.79 Å². The Morgan fingerprint density at radius 3 is 2.46 bits per heavy atom. The van der Waals surface area contributed by atoms with E-state index in [1.807, 2.05) is 19.1 Å². The highest BCUT2D eigenvalue weighted by Gasteiger charge is 2.04. The second kappa shape index (κ2) is 4.24. The lowest BCUT2D eigenvalue weighted by molar-refractivity contribution is -0.114. The predicted octanol–water partition coefficient (Wildman–Crippen LogP) is 3.48. The summed E-state index contributed by atoms with van der Waals surface area (Å²) in [6, 6.07) is 3.83. The molecule has 0 saturated heterocycles. The first-order valence-electron chi connectivity index (χ1n) is 3.74. The fraction of sp³-hybridized carbons (Fsp3) is 0.222. The van der Waals surface area contributed by atoms with Gasteiger partial charge < -0.3 is 5.32 Å². The fourth-order valence-electron chi connectivity index (χ4n) is 0.932. The van der Waals surface area contributed by atoms with Crippen molar-refractivity contribution in [2.75, 3.05) is 5.32 Å². The number of hydrogen-bond acceptors (Lipinski definition) is 1.